The smallest absolute Gasteiger partial charge is 0.321 e. The van der Waals surface area contributed by atoms with Crippen molar-refractivity contribution in [1.82, 2.24) is 14.7 Å². The summed E-state index contributed by atoms with van der Waals surface area (Å²) in [6.45, 7) is 2.04. The normalized spacial score (nSPS) is 21.3. The van der Waals surface area contributed by atoms with Crippen molar-refractivity contribution in [2.45, 2.75) is 23.8 Å². The number of carbonyl (C=O) groups excluding carboxylic acids is 2. The maximum absolute atomic E-state index is 13.4. The van der Waals surface area contributed by atoms with Crippen molar-refractivity contribution in [3.63, 3.8) is 0 Å². The highest BCUT2D eigenvalue weighted by atomic mass is 32.2. The molecule has 0 aliphatic carbocycles. The summed E-state index contributed by atoms with van der Waals surface area (Å²) >= 11 is 0. The Morgan fingerprint density at radius 2 is 1.62 bits per heavy atom. The average molecular weight is 486 g/mol. The van der Waals surface area contributed by atoms with Gasteiger partial charge in [0.15, 0.2) is 5.84 Å². The molecular formula is C23H24FN5O4S. The summed E-state index contributed by atoms with van der Waals surface area (Å²) in [5, 5.41) is 2.74. The van der Waals surface area contributed by atoms with Crippen LogP contribution >= 0.6 is 0 Å². The van der Waals surface area contributed by atoms with E-state index in [4.69, 9.17) is 0 Å². The molecule has 0 radical (unpaired) electrons. The standard InChI is InChI=1S/C23H24FN5O4S/c24-16-7-9-17(10-8-16)25-23(31)28-14-12-27(13-15-28)22(30)19-5-3-11-29(19)21-18-4-1-2-6-20(18)34(32,33)26-21/h1-2,4,6-10,19H,3,5,11-15H2,(H,25,31)/t19-/m0/s1. The van der Waals surface area contributed by atoms with Crippen LogP contribution in [0.4, 0.5) is 14.9 Å². The maximum atomic E-state index is 13.4. The molecule has 2 saturated heterocycles. The molecule has 3 heterocycles. The number of amidine groups is 1. The Morgan fingerprint density at radius 3 is 2.35 bits per heavy atom. The molecule has 2 fully saturated rings. The number of hydrogen-bond acceptors (Lipinski definition) is 5. The van der Waals surface area contributed by atoms with Crippen LogP contribution in [0.1, 0.15) is 18.4 Å². The molecule has 3 aliphatic heterocycles. The summed E-state index contributed by atoms with van der Waals surface area (Å²) < 4.78 is 42.0. The highest BCUT2D eigenvalue weighted by molar-refractivity contribution is 7.90. The highest BCUT2D eigenvalue weighted by Gasteiger charge is 2.41. The summed E-state index contributed by atoms with van der Waals surface area (Å²) in [7, 11) is -3.76. The molecule has 0 saturated carbocycles. The lowest BCUT2D eigenvalue weighted by atomic mass is 10.1. The number of urea groups is 1. The number of anilines is 1. The molecule has 5 rings (SSSR count). The van der Waals surface area contributed by atoms with Crippen LogP contribution < -0.4 is 5.32 Å². The summed E-state index contributed by atoms with van der Waals surface area (Å²) in [5.41, 5.74) is 1.03. The number of benzene rings is 2. The molecule has 1 N–H and O–H groups in total. The minimum Gasteiger partial charge on any atom is -0.343 e. The summed E-state index contributed by atoms with van der Waals surface area (Å²) in [6, 6.07) is 11.4. The molecule has 11 heteroatoms. The number of hydrogen-bond donors (Lipinski definition) is 1. The van der Waals surface area contributed by atoms with Crippen LogP contribution in [-0.4, -0.2) is 79.7 Å². The predicted octanol–water partition coefficient (Wildman–Crippen LogP) is 2.12. The molecule has 1 atom stereocenters. The Morgan fingerprint density at radius 1 is 0.941 bits per heavy atom. The second-order valence-electron chi connectivity index (χ2n) is 8.49. The van der Waals surface area contributed by atoms with Crippen molar-refractivity contribution in [2.24, 2.45) is 4.40 Å². The van der Waals surface area contributed by atoms with Crippen molar-refractivity contribution < 1.29 is 22.4 Å². The number of fused-ring (bicyclic) bond motifs is 1. The first kappa shape index (κ1) is 22.3. The van der Waals surface area contributed by atoms with E-state index in [-0.39, 0.29) is 22.7 Å². The minimum absolute atomic E-state index is 0.0828. The van der Waals surface area contributed by atoms with Crippen molar-refractivity contribution in [3.05, 3.63) is 59.9 Å². The number of nitrogens with zero attached hydrogens (tertiary/aromatic N) is 4. The summed E-state index contributed by atoms with van der Waals surface area (Å²) in [4.78, 5) is 31.2. The van der Waals surface area contributed by atoms with Gasteiger partial charge in [-0.3, -0.25) is 4.79 Å². The van der Waals surface area contributed by atoms with Crippen LogP contribution in [0.15, 0.2) is 57.8 Å². The Bertz CT molecular complexity index is 1260. The monoisotopic (exact) mass is 485 g/mol. The van der Waals surface area contributed by atoms with E-state index in [2.05, 4.69) is 9.71 Å². The Balaban J connectivity index is 1.23. The van der Waals surface area contributed by atoms with E-state index in [1.165, 1.54) is 30.3 Å². The first-order valence-electron chi connectivity index (χ1n) is 11.1. The third kappa shape index (κ3) is 4.11. The SMILES string of the molecule is O=C(Nc1ccc(F)cc1)N1CCN(C(=O)[C@@H]2CCCN2C2=NS(=O)(=O)c3ccccc32)CC1. The van der Waals surface area contributed by atoms with Gasteiger partial charge in [-0.05, 0) is 49.2 Å². The van der Waals surface area contributed by atoms with Gasteiger partial charge in [0.2, 0.25) is 5.91 Å². The molecule has 9 nitrogen and oxygen atoms in total. The van der Waals surface area contributed by atoms with E-state index >= 15 is 0 Å². The molecule has 0 aromatic heterocycles. The number of nitrogens with one attached hydrogen (secondary N) is 1. The fourth-order valence-corrected chi connectivity index (χ4v) is 5.87. The van der Waals surface area contributed by atoms with E-state index in [0.717, 1.165) is 6.42 Å². The number of halogens is 1. The lowest BCUT2D eigenvalue weighted by Crippen LogP contribution is -2.55. The number of amides is 3. The van der Waals surface area contributed by atoms with Gasteiger partial charge in [0.25, 0.3) is 10.0 Å². The molecule has 0 bridgehead atoms. The highest BCUT2D eigenvalue weighted by Crippen LogP contribution is 2.31. The lowest BCUT2D eigenvalue weighted by Gasteiger charge is -2.37. The topological polar surface area (TPSA) is 102 Å². The second-order valence-corrected chi connectivity index (χ2v) is 10.1. The molecule has 3 amide bonds. The predicted molar refractivity (Wildman–Crippen MR) is 123 cm³/mol. The zero-order chi connectivity index (χ0) is 23.9. The zero-order valence-corrected chi connectivity index (χ0v) is 19.2. The number of sulfonamides is 1. The van der Waals surface area contributed by atoms with Gasteiger partial charge in [-0.2, -0.15) is 8.42 Å². The second kappa shape index (κ2) is 8.71. The largest absolute Gasteiger partial charge is 0.343 e. The lowest BCUT2D eigenvalue weighted by molar-refractivity contribution is -0.136. The quantitative estimate of drug-likeness (QED) is 0.702. The summed E-state index contributed by atoms with van der Waals surface area (Å²) in [6.07, 6.45) is 1.38. The van der Waals surface area contributed by atoms with E-state index < -0.39 is 16.1 Å². The molecule has 3 aliphatic rings. The molecule has 0 spiro atoms. The van der Waals surface area contributed by atoms with Crippen LogP contribution in [0.3, 0.4) is 0 Å². The zero-order valence-electron chi connectivity index (χ0n) is 18.4. The van der Waals surface area contributed by atoms with E-state index in [1.54, 1.807) is 32.9 Å². The van der Waals surface area contributed by atoms with Crippen LogP contribution in [0.25, 0.3) is 0 Å². The van der Waals surface area contributed by atoms with Crippen LogP contribution in [0.5, 0.6) is 0 Å². The average Bonchev–Trinajstić information content (AvgIpc) is 3.43. The van der Waals surface area contributed by atoms with Crippen LogP contribution in [0.2, 0.25) is 0 Å². The first-order chi connectivity index (χ1) is 16.3. The van der Waals surface area contributed by atoms with Gasteiger partial charge in [-0.25, -0.2) is 9.18 Å². The Hall–Kier alpha value is -3.47. The van der Waals surface area contributed by atoms with Gasteiger partial charge >= 0.3 is 6.03 Å². The third-order valence-electron chi connectivity index (χ3n) is 6.40. The Kier molecular flexibility index (Phi) is 5.72. The number of carbonyl (C=O) groups is 2. The molecule has 0 unspecified atom stereocenters. The number of piperazine rings is 1. The van der Waals surface area contributed by atoms with E-state index in [9.17, 15) is 22.4 Å². The van der Waals surface area contributed by atoms with E-state index in [0.29, 0.717) is 56.2 Å². The van der Waals surface area contributed by atoms with Crippen molar-refractivity contribution in [3.8, 4) is 0 Å². The fraction of sp³-hybridized carbons (Fsp3) is 0.348. The van der Waals surface area contributed by atoms with Crippen molar-refractivity contribution >= 4 is 33.5 Å². The molecule has 178 valence electrons. The molecule has 34 heavy (non-hydrogen) atoms. The fourth-order valence-electron chi connectivity index (χ4n) is 4.65. The third-order valence-corrected chi connectivity index (χ3v) is 7.72. The van der Waals surface area contributed by atoms with Crippen LogP contribution in [-0.2, 0) is 14.8 Å². The molecule has 2 aromatic carbocycles. The molecular weight excluding hydrogens is 461 g/mol. The first-order valence-corrected chi connectivity index (χ1v) is 12.6. The van der Waals surface area contributed by atoms with Crippen LogP contribution in [0, 0.1) is 5.82 Å². The van der Waals surface area contributed by atoms with Gasteiger partial charge in [0.05, 0.1) is 0 Å². The van der Waals surface area contributed by atoms with Crippen molar-refractivity contribution in [2.75, 3.05) is 38.0 Å². The van der Waals surface area contributed by atoms with Gasteiger partial charge < -0.3 is 20.0 Å². The molecule has 2 aromatic rings. The number of likely N-dealkylation sites (tertiary alicyclic amines) is 1. The van der Waals surface area contributed by atoms with Gasteiger partial charge in [0.1, 0.15) is 16.8 Å². The minimum atomic E-state index is -3.76. The maximum Gasteiger partial charge on any atom is 0.321 e. The van der Waals surface area contributed by atoms with Crippen molar-refractivity contribution in [1.29, 1.82) is 0 Å². The number of rotatable bonds is 2. The van der Waals surface area contributed by atoms with Gasteiger partial charge in [0, 0.05) is 44.0 Å². The van der Waals surface area contributed by atoms with Gasteiger partial charge in [-0.1, -0.05) is 12.1 Å². The van der Waals surface area contributed by atoms with E-state index in [1.807, 2.05) is 0 Å². The summed E-state index contributed by atoms with van der Waals surface area (Å²) in [5.74, 6) is -0.125. The van der Waals surface area contributed by atoms with Gasteiger partial charge in [-0.15, -0.1) is 4.40 Å². The Labute approximate surface area is 196 Å².